The average molecular weight is 258 g/mol. The highest BCUT2D eigenvalue weighted by Crippen LogP contribution is 2.21. The fourth-order valence-electron chi connectivity index (χ4n) is 1.92. The van der Waals surface area contributed by atoms with E-state index in [0.717, 1.165) is 17.9 Å². The van der Waals surface area contributed by atoms with E-state index in [-0.39, 0.29) is 0 Å². The van der Waals surface area contributed by atoms with Crippen LogP contribution in [0.15, 0.2) is 30.5 Å². The summed E-state index contributed by atoms with van der Waals surface area (Å²) in [6.45, 7) is 9.04. The van der Waals surface area contributed by atoms with Crippen molar-refractivity contribution in [1.29, 1.82) is 0 Å². The maximum atomic E-state index is 5.85. The molecule has 0 saturated carbocycles. The summed E-state index contributed by atoms with van der Waals surface area (Å²) in [5.74, 6) is 0.943. The number of rotatable bonds is 5. The zero-order chi connectivity index (χ0) is 13.8. The molecule has 1 heterocycles. The number of nitrogens with zero attached hydrogens (tertiary/aromatic N) is 2. The molecular weight excluding hydrogens is 236 g/mol. The van der Waals surface area contributed by atoms with Gasteiger partial charge in [0.05, 0.1) is 5.69 Å². The summed E-state index contributed by atoms with van der Waals surface area (Å²) in [6.07, 6.45) is 3.11. The number of benzene rings is 1. The third kappa shape index (κ3) is 3.16. The van der Waals surface area contributed by atoms with Gasteiger partial charge < -0.3 is 4.74 Å². The van der Waals surface area contributed by atoms with E-state index in [1.807, 2.05) is 29.1 Å². The third-order valence-electron chi connectivity index (χ3n) is 3.64. The molecule has 1 atom stereocenters. The van der Waals surface area contributed by atoms with E-state index in [1.54, 1.807) is 0 Å². The van der Waals surface area contributed by atoms with Crippen LogP contribution in [0.25, 0.3) is 0 Å². The Morgan fingerprint density at radius 3 is 2.79 bits per heavy atom. The minimum absolute atomic E-state index is 0.439. The topological polar surface area (TPSA) is 27.1 Å². The summed E-state index contributed by atoms with van der Waals surface area (Å²) in [5.41, 5.74) is 3.42. The Kier molecular flexibility index (Phi) is 4.25. The van der Waals surface area contributed by atoms with Gasteiger partial charge in [-0.25, -0.2) is 0 Å². The Hall–Kier alpha value is -1.77. The monoisotopic (exact) mass is 258 g/mol. The second-order valence-corrected chi connectivity index (χ2v) is 5.03. The van der Waals surface area contributed by atoms with Crippen LogP contribution < -0.4 is 4.74 Å². The van der Waals surface area contributed by atoms with Crippen LogP contribution in [0.5, 0.6) is 5.75 Å². The maximum Gasteiger partial charge on any atom is 0.132 e. The van der Waals surface area contributed by atoms with E-state index in [1.165, 1.54) is 11.1 Å². The molecule has 0 fully saturated rings. The molecule has 2 aromatic rings. The molecule has 0 saturated heterocycles. The second-order valence-electron chi connectivity index (χ2n) is 5.03. The van der Waals surface area contributed by atoms with Crippen molar-refractivity contribution in [2.45, 2.75) is 46.8 Å². The minimum Gasteiger partial charge on any atom is -0.487 e. The van der Waals surface area contributed by atoms with Crippen LogP contribution in [0, 0.1) is 13.8 Å². The van der Waals surface area contributed by atoms with E-state index < -0.39 is 0 Å². The predicted molar refractivity (Wildman–Crippen MR) is 77.5 cm³/mol. The lowest BCUT2D eigenvalue weighted by atomic mass is 10.1. The number of aryl methyl sites for hydroxylation is 1. The molecule has 0 aliphatic rings. The molecule has 1 unspecified atom stereocenters. The Morgan fingerprint density at radius 2 is 2.05 bits per heavy atom. The van der Waals surface area contributed by atoms with Crippen molar-refractivity contribution < 1.29 is 4.74 Å². The van der Waals surface area contributed by atoms with E-state index in [2.05, 4.69) is 38.9 Å². The molecule has 3 nitrogen and oxygen atoms in total. The van der Waals surface area contributed by atoms with E-state index in [0.29, 0.717) is 12.6 Å². The number of ether oxygens (including phenoxy) is 1. The summed E-state index contributed by atoms with van der Waals surface area (Å²) in [4.78, 5) is 0. The van der Waals surface area contributed by atoms with Crippen LogP contribution in [0.1, 0.15) is 43.1 Å². The molecule has 3 heteroatoms. The summed E-state index contributed by atoms with van der Waals surface area (Å²) in [7, 11) is 0. The molecule has 2 rings (SSSR count). The number of hydrogen-bond acceptors (Lipinski definition) is 2. The largest absolute Gasteiger partial charge is 0.487 e. The van der Waals surface area contributed by atoms with E-state index in [9.17, 15) is 0 Å². The number of hydrogen-bond donors (Lipinski definition) is 0. The normalized spacial score (nSPS) is 12.4. The van der Waals surface area contributed by atoms with E-state index >= 15 is 0 Å². The Labute approximate surface area is 115 Å². The summed E-state index contributed by atoms with van der Waals surface area (Å²) in [5, 5.41) is 4.54. The van der Waals surface area contributed by atoms with Gasteiger partial charge in [-0.1, -0.05) is 19.1 Å². The van der Waals surface area contributed by atoms with Gasteiger partial charge in [0.15, 0.2) is 0 Å². The highest BCUT2D eigenvalue weighted by molar-refractivity contribution is 5.38. The molecule has 19 heavy (non-hydrogen) atoms. The predicted octanol–water partition coefficient (Wildman–Crippen LogP) is 4.05. The second kappa shape index (κ2) is 5.91. The first-order chi connectivity index (χ1) is 9.11. The van der Waals surface area contributed by atoms with Gasteiger partial charge in [0.25, 0.3) is 0 Å². The van der Waals surface area contributed by atoms with Crippen LogP contribution >= 0.6 is 0 Å². The van der Waals surface area contributed by atoms with Crippen molar-refractivity contribution in [3.05, 3.63) is 47.3 Å². The lowest BCUT2D eigenvalue weighted by Crippen LogP contribution is -2.06. The minimum atomic E-state index is 0.439. The van der Waals surface area contributed by atoms with Crippen molar-refractivity contribution in [3.63, 3.8) is 0 Å². The van der Waals surface area contributed by atoms with Crippen LogP contribution in [-0.2, 0) is 6.61 Å². The molecule has 102 valence electrons. The molecule has 0 aliphatic heterocycles. The highest BCUT2D eigenvalue weighted by Gasteiger charge is 2.06. The van der Waals surface area contributed by atoms with E-state index in [4.69, 9.17) is 4.74 Å². The Morgan fingerprint density at radius 1 is 1.26 bits per heavy atom. The van der Waals surface area contributed by atoms with Crippen molar-refractivity contribution in [2.75, 3.05) is 0 Å². The average Bonchev–Trinajstić information content (AvgIpc) is 2.88. The van der Waals surface area contributed by atoms with Crippen molar-refractivity contribution in [3.8, 4) is 5.75 Å². The van der Waals surface area contributed by atoms with Gasteiger partial charge in [-0.05, 0) is 50.5 Å². The van der Waals surface area contributed by atoms with Crippen LogP contribution in [0.4, 0.5) is 0 Å². The Balaban J connectivity index is 2.02. The number of aromatic nitrogens is 2. The van der Waals surface area contributed by atoms with Crippen molar-refractivity contribution in [2.24, 2.45) is 0 Å². The third-order valence-corrected chi connectivity index (χ3v) is 3.64. The van der Waals surface area contributed by atoms with Gasteiger partial charge in [-0.3, -0.25) is 4.68 Å². The van der Waals surface area contributed by atoms with Gasteiger partial charge in [-0.2, -0.15) is 5.10 Å². The lowest BCUT2D eigenvalue weighted by Gasteiger charge is -2.10. The Bertz CT molecular complexity index is 545. The molecule has 0 spiro atoms. The summed E-state index contributed by atoms with van der Waals surface area (Å²) >= 11 is 0. The van der Waals surface area contributed by atoms with Crippen LogP contribution in [0.2, 0.25) is 0 Å². The van der Waals surface area contributed by atoms with Crippen molar-refractivity contribution in [1.82, 2.24) is 9.78 Å². The fraction of sp³-hybridized carbons (Fsp3) is 0.438. The van der Waals surface area contributed by atoms with Gasteiger partial charge >= 0.3 is 0 Å². The summed E-state index contributed by atoms with van der Waals surface area (Å²) < 4.78 is 7.86. The molecule has 1 aromatic carbocycles. The zero-order valence-corrected chi connectivity index (χ0v) is 12.2. The standard InChI is InChI=1S/C16H22N2O/c1-5-13(3)18-10-9-15(17-18)11-19-16-8-6-7-12(2)14(16)4/h6-10,13H,5,11H2,1-4H3. The van der Waals surface area contributed by atoms with Gasteiger partial charge in [0, 0.05) is 12.2 Å². The fourth-order valence-corrected chi connectivity index (χ4v) is 1.92. The lowest BCUT2D eigenvalue weighted by molar-refractivity contribution is 0.296. The maximum absolute atomic E-state index is 5.85. The molecule has 1 aromatic heterocycles. The zero-order valence-electron chi connectivity index (χ0n) is 12.2. The van der Waals surface area contributed by atoms with Crippen LogP contribution in [0.3, 0.4) is 0 Å². The quantitative estimate of drug-likeness (QED) is 0.809. The van der Waals surface area contributed by atoms with Gasteiger partial charge in [-0.15, -0.1) is 0 Å². The molecule has 0 radical (unpaired) electrons. The first-order valence-electron chi connectivity index (χ1n) is 6.85. The first kappa shape index (κ1) is 13.7. The van der Waals surface area contributed by atoms with Crippen molar-refractivity contribution >= 4 is 0 Å². The SMILES string of the molecule is CCC(C)n1ccc(COc2cccc(C)c2C)n1. The van der Waals surface area contributed by atoms with Gasteiger partial charge in [0.2, 0.25) is 0 Å². The smallest absolute Gasteiger partial charge is 0.132 e. The molecule has 0 aliphatic carbocycles. The highest BCUT2D eigenvalue weighted by atomic mass is 16.5. The molecular formula is C16H22N2O. The van der Waals surface area contributed by atoms with Crippen LogP contribution in [-0.4, -0.2) is 9.78 Å². The first-order valence-corrected chi connectivity index (χ1v) is 6.85. The summed E-state index contributed by atoms with van der Waals surface area (Å²) in [6, 6.07) is 8.59. The molecule has 0 amide bonds. The molecule has 0 N–H and O–H groups in total. The van der Waals surface area contributed by atoms with Gasteiger partial charge in [0.1, 0.15) is 12.4 Å². The molecule has 0 bridgehead atoms.